The summed E-state index contributed by atoms with van der Waals surface area (Å²) in [7, 11) is -3.80. The normalized spacial score (nSPS) is 17.0. The van der Waals surface area contributed by atoms with Crippen molar-refractivity contribution in [3.05, 3.63) is 24.3 Å². The summed E-state index contributed by atoms with van der Waals surface area (Å²) in [5, 5.41) is 5.22. The number of benzene rings is 1. The number of hydrogen-bond acceptors (Lipinski definition) is 6. The number of nitrogens with one attached hydrogen (secondary N) is 2. The molecule has 0 aromatic heterocycles. The second-order valence-corrected chi connectivity index (χ2v) is 8.52. The Bertz CT molecular complexity index is 739. The Balaban J connectivity index is 2.12. The number of rotatable bonds is 7. The van der Waals surface area contributed by atoms with E-state index in [1.54, 1.807) is 23.9 Å². The van der Waals surface area contributed by atoms with Crippen LogP contribution in [0.15, 0.2) is 29.2 Å². The Morgan fingerprint density at radius 2 is 2.24 bits per heavy atom. The lowest BCUT2D eigenvalue weighted by molar-refractivity contribution is -0.122. The predicted octanol–water partition coefficient (Wildman–Crippen LogP) is -0.174. The molecule has 0 spiro atoms. The highest BCUT2D eigenvalue weighted by Gasteiger charge is 2.29. The summed E-state index contributed by atoms with van der Waals surface area (Å²) in [5.41, 5.74) is 6.16. The Hall–Kier alpha value is -1.62. The topological polar surface area (TPSA) is 122 Å². The lowest BCUT2D eigenvalue weighted by Crippen LogP contribution is -2.49. The van der Waals surface area contributed by atoms with Crippen LogP contribution in [0, 0.1) is 0 Å². The van der Waals surface area contributed by atoms with Gasteiger partial charge in [0, 0.05) is 18.8 Å². The first-order valence-corrected chi connectivity index (χ1v) is 10.6. The van der Waals surface area contributed by atoms with Gasteiger partial charge in [-0.05, 0) is 36.6 Å². The Morgan fingerprint density at radius 1 is 1.48 bits per heavy atom. The van der Waals surface area contributed by atoms with Crippen molar-refractivity contribution in [2.45, 2.75) is 17.4 Å². The van der Waals surface area contributed by atoms with Gasteiger partial charge in [-0.2, -0.15) is 16.1 Å². The smallest absolute Gasteiger partial charge is 0.243 e. The molecule has 138 valence electrons. The van der Waals surface area contributed by atoms with Crippen molar-refractivity contribution >= 4 is 39.3 Å². The largest absolute Gasteiger partial charge is 0.354 e. The van der Waals surface area contributed by atoms with Crippen molar-refractivity contribution in [3.63, 3.8) is 0 Å². The molecule has 1 fully saturated rings. The highest BCUT2D eigenvalue weighted by atomic mass is 32.2. The van der Waals surface area contributed by atoms with Crippen molar-refractivity contribution in [3.8, 4) is 0 Å². The van der Waals surface area contributed by atoms with Crippen LogP contribution in [-0.2, 0) is 19.6 Å². The number of nitrogens with zero attached hydrogens (tertiary/aromatic N) is 1. The standard InChI is InChI=1S/C15H22N4O4S2/c1-24-8-5-13(16)15(21)18-11-3-2-4-12(9-11)25(22,23)19-7-6-17-14(20)10-19/h2-4,9,13H,5-8,10,16H2,1H3,(H,17,20)(H,18,21)/t13-/m0/s1. The maximum Gasteiger partial charge on any atom is 0.243 e. The molecular weight excluding hydrogens is 364 g/mol. The molecule has 8 nitrogen and oxygen atoms in total. The van der Waals surface area contributed by atoms with E-state index in [0.717, 1.165) is 10.1 Å². The summed E-state index contributed by atoms with van der Waals surface area (Å²) in [6.07, 6.45) is 2.47. The van der Waals surface area contributed by atoms with E-state index in [1.165, 1.54) is 12.1 Å². The summed E-state index contributed by atoms with van der Waals surface area (Å²) in [6, 6.07) is 5.30. The van der Waals surface area contributed by atoms with Gasteiger partial charge in [0.25, 0.3) is 0 Å². The van der Waals surface area contributed by atoms with E-state index in [2.05, 4.69) is 10.6 Å². The van der Waals surface area contributed by atoms with E-state index in [9.17, 15) is 18.0 Å². The quantitative estimate of drug-likeness (QED) is 0.598. The maximum atomic E-state index is 12.7. The van der Waals surface area contributed by atoms with Crippen LogP contribution in [0.3, 0.4) is 0 Å². The van der Waals surface area contributed by atoms with Crippen molar-refractivity contribution < 1.29 is 18.0 Å². The first-order chi connectivity index (χ1) is 11.8. The highest BCUT2D eigenvalue weighted by molar-refractivity contribution is 7.98. The molecule has 1 aromatic rings. The van der Waals surface area contributed by atoms with Gasteiger partial charge < -0.3 is 16.4 Å². The van der Waals surface area contributed by atoms with Gasteiger partial charge in [-0.25, -0.2) is 8.42 Å². The minimum atomic E-state index is -3.80. The molecule has 2 amide bonds. The van der Waals surface area contributed by atoms with Crippen molar-refractivity contribution in [1.29, 1.82) is 0 Å². The molecule has 0 radical (unpaired) electrons. The first kappa shape index (κ1) is 19.7. The average Bonchev–Trinajstić information content (AvgIpc) is 2.59. The number of amides is 2. The molecule has 1 heterocycles. The third-order valence-electron chi connectivity index (χ3n) is 3.71. The second-order valence-electron chi connectivity index (χ2n) is 5.59. The van der Waals surface area contributed by atoms with Crippen molar-refractivity contribution in [2.24, 2.45) is 5.73 Å². The molecule has 1 aromatic carbocycles. The molecular formula is C15H22N4O4S2. The summed E-state index contributed by atoms with van der Waals surface area (Å²) >= 11 is 1.60. The number of carbonyl (C=O) groups is 2. The minimum absolute atomic E-state index is 0.0256. The molecule has 1 atom stereocenters. The number of hydrogen-bond donors (Lipinski definition) is 3. The number of anilines is 1. The Kier molecular flexibility index (Phi) is 6.82. The van der Waals surface area contributed by atoms with Crippen LogP contribution in [0.2, 0.25) is 0 Å². The monoisotopic (exact) mass is 386 g/mol. The summed E-state index contributed by atoms with van der Waals surface area (Å²) in [4.78, 5) is 23.5. The van der Waals surface area contributed by atoms with Crippen LogP contribution in [-0.4, -0.2) is 62.2 Å². The number of carbonyl (C=O) groups excluding carboxylic acids is 2. The zero-order valence-electron chi connectivity index (χ0n) is 13.9. The lowest BCUT2D eigenvalue weighted by Gasteiger charge is -2.26. The van der Waals surface area contributed by atoms with E-state index in [-0.39, 0.29) is 36.3 Å². The van der Waals surface area contributed by atoms with E-state index in [1.807, 2.05) is 6.26 Å². The van der Waals surface area contributed by atoms with Crippen LogP contribution < -0.4 is 16.4 Å². The lowest BCUT2D eigenvalue weighted by atomic mass is 10.2. The van der Waals surface area contributed by atoms with Gasteiger partial charge >= 0.3 is 0 Å². The Labute approximate surface area is 151 Å². The zero-order valence-corrected chi connectivity index (χ0v) is 15.5. The van der Waals surface area contributed by atoms with Gasteiger partial charge in [-0.15, -0.1) is 0 Å². The minimum Gasteiger partial charge on any atom is -0.354 e. The van der Waals surface area contributed by atoms with Gasteiger partial charge in [0.05, 0.1) is 17.5 Å². The van der Waals surface area contributed by atoms with E-state index in [0.29, 0.717) is 12.1 Å². The molecule has 10 heteroatoms. The molecule has 0 aliphatic carbocycles. The fraction of sp³-hybridized carbons (Fsp3) is 0.467. The molecule has 0 unspecified atom stereocenters. The second kappa shape index (κ2) is 8.65. The van der Waals surface area contributed by atoms with Crippen LogP contribution in [0.5, 0.6) is 0 Å². The SMILES string of the molecule is CSCC[C@H](N)C(=O)Nc1cccc(S(=O)(=O)N2CCNC(=O)C2)c1. The van der Waals surface area contributed by atoms with Gasteiger partial charge in [-0.1, -0.05) is 6.07 Å². The third-order valence-corrected chi connectivity index (χ3v) is 6.20. The van der Waals surface area contributed by atoms with Crippen molar-refractivity contribution in [1.82, 2.24) is 9.62 Å². The molecule has 1 saturated heterocycles. The van der Waals surface area contributed by atoms with E-state index in [4.69, 9.17) is 5.73 Å². The van der Waals surface area contributed by atoms with Gasteiger partial charge in [0.1, 0.15) is 0 Å². The van der Waals surface area contributed by atoms with Crippen LogP contribution in [0.1, 0.15) is 6.42 Å². The number of piperazine rings is 1. The number of sulfonamides is 1. The molecule has 1 aliphatic rings. The summed E-state index contributed by atoms with van der Waals surface area (Å²) in [6.45, 7) is 0.279. The molecule has 2 rings (SSSR count). The molecule has 1 aliphatic heterocycles. The predicted molar refractivity (Wildman–Crippen MR) is 97.8 cm³/mol. The zero-order chi connectivity index (χ0) is 18.4. The fourth-order valence-electron chi connectivity index (χ4n) is 2.31. The fourth-order valence-corrected chi connectivity index (χ4v) is 4.25. The Morgan fingerprint density at radius 3 is 2.92 bits per heavy atom. The van der Waals surface area contributed by atoms with Crippen LogP contribution in [0.25, 0.3) is 0 Å². The van der Waals surface area contributed by atoms with Crippen LogP contribution in [0.4, 0.5) is 5.69 Å². The molecule has 25 heavy (non-hydrogen) atoms. The van der Waals surface area contributed by atoms with E-state index >= 15 is 0 Å². The van der Waals surface area contributed by atoms with Gasteiger partial charge in [0.15, 0.2) is 0 Å². The number of thioether (sulfide) groups is 1. The average molecular weight is 386 g/mol. The summed E-state index contributed by atoms with van der Waals surface area (Å²) in [5.74, 6) is 0.0695. The third kappa shape index (κ3) is 5.18. The van der Waals surface area contributed by atoms with Crippen molar-refractivity contribution in [2.75, 3.05) is 37.0 Å². The number of nitrogens with two attached hydrogens (primary N) is 1. The highest BCUT2D eigenvalue weighted by Crippen LogP contribution is 2.20. The molecule has 0 saturated carbocycles. The van der Waals surface area contributed by atoms with Crippen LogP contribution >= 0.6 is 11.8 Å². The van der Waals surface area contributed by atoms with Gasteiger partial charge in [0.2, 0.25) is 21.8 Å². The summed E-state index contributed by atoms with van der Waals surface area (Å²) < 4.78 is 26.4. The first-order valence-electron chi connectivity index (χ1n) is 7.77. The maximum absolute atomic E-state index is 12.7. The molecule has 0 bridgehead atoms. The molecule has 4 N–H and O–H groups in total. The van der Waals surface area contributed by atoms with E-state index < -0.39 is 16.1 Å². The van der Waals surface area contributed by atoms with Gasteiger partial charge in [-0.3, -0.25) is 9.59 Å².